The lowest BCUT2D eigenvalue weighted by molar-refractivity contribution is 0.0999. The summed E-state index contributed by atoms with van der Waals surface area (Å²) in [5.41, 5.74) is 9.21. The van der Waals surface area contributed by atoms with Crippen molar-refractivity contribution in [1.29, 1.82) is 0 Å². The van der Waals surface area contributed by atoms with Crippen molar-refractivity contribution in [2.45, 2.75) is 13.0 Å². The van der Waals surface area contributed by atoms with Gasteiger partial charge in [0.15, 0.2) is 11.9 Å². The summed E-state index contributed by atoms with van der Waals surface area (Å²) in [6, 6.07) is 5.27. The number of primary amides is 1. The molecule has 4 rings (SSSR count). The summed E-state index contributed by atoms with van der Waals surface area (Å²) in [7, 11) is 3.62. The number of aryl methyl sites for hydroxylation is 1. The number of aromatic amines is 1. The maximum atomic E-state index is 11.7. The zero-order valence-corrected chi connectivity index (χ0v) is 17.8. The van der Waals surface area contributed by atoms with Crippen LogP contribution in [0, 0.1) is 0 Å². The lowest BCUT2D eigenvalue weighted by Gasteiger charge is -2.12. The Morgan fingerprint density at radius 1 is 1.35 bits per heavy atom. The minimum Gasteiger partial charge on any atom is -0.366 e. The SMILES string of the molecule is CN(Cc1ccc(C(N)=O)cn1)/N=C\c1c(C=O)n(C)c2nc(Cc3cc[nH]n3)sc12. The van der Waals surface area contributed by atoms with Crippen molar-refractivity contribution in [3.05, 3.63) is 63.8 Å². The highest BCUT2D eigenvalue weighted by Crippen LogP contribution is 2.30. The van der Waals surface area contributed by atoms with Crippen molar-refractivity contribution < 1.29 is 9.59 Å². The van der Waals surface area contributed by atoms with E-state index < -0.39 is 5.91 Å². The van der Waals surface area contributed by atoms with E-state index in [2.05, 4.69) is 25.3 Å². The predicted molar refractivity (Wildman–Crippen MR) is 117 cm³/mol. The van der Waals surface area contributed by atoms with Crippen LogP contribution in [-0.4, -0.2) is 55.2 Å². The third-order valence-electron chi connectivity index (χ3n) is 4.74. The molecule has 0 saturated carbocycles. The maximum Gasteiger partial charge on any atom is 0.250 e. The molecule has 3 N–H and O–H groups in total. The summed E-state index contributed by atoms with van der Waals surface area (Å²) in [5.74, 6) is -0.517. The van der Waals surface area contributed by atoms with Crippen LogP contribution in [0.3, 0.4) is 0 Å². The van der Waals surface area contributed by atoms with Gasteiger partial charge in [0, 0.05) is 38.5 Å². The average molecular weight is 437 g/mol. The zero-order valence-electron chi connectivity index (χ0n) is 16.9. The lowest BCUT2D eigenvalue weighted by atomic mass is 10.2. The fourth-order valence-electron chi connectivity index (χ4n) is 3.15. The van der Waals surface area contributed by atoms with Crippen LogP contribution in [0.4, 0.5) is 0 Å². The monoisotopic (exact) mass is 436 g/mol. The number of H-pyrrole nitrogens is 1. The number of rotatable bonds is 8. The number of thiazole rings is 1. The second kappa shape index (κ2) is 8.48. The van der Waals surface area contributed by atoms with E-state index in [0.29, 0.717) is 24.2 Å². The quantitative estimate of drug-likeness (QED) is 0.245. The third kappa shape index (κ3) is 4.21. The number of nitrogens with two attached hydrogens (primary N) is 1. The molecular formula is C20H20N8O2S. The predicted octanol–water partition coefficient (Wildman–Crippen LogP) is 1.72. The molecule has 0 aliphatic rings. The van der Waals surface area contributed by atoms with Crippen molar-refractivity contribution in [3.63, 3.8) is 0 Å². The largest absolute Gasteiger partial charge is 0.366 e. The molecule has 10 nitrogen and oxygen atoms in total. The number of fused-ring (bicyclic) bond motifs is 1. The van der Waals surface area contributed by atoms with E-state index in [1.165, 1.54) is 17.5 Å². The van der Waals surface area contributed by atoms with Crippen LogP contribution >= 0.6 is 11.3 Å². The van der Waals surface area contributed by atoms with E-state index in [4.69, 9.17) is 5.73 Å². The van der Waals surface area contributed by atoms with Crippen LogP contribution in [0.2, 0.25) is 0 Å². The van der Waals surface area contributed by atoms with Crippen LogP contribution in [0.1, 0.15) is 42.8 Å². The molecule has 0 aromatic carbocycles. The number of nitrogens with one attached hydrogen (secondary N) is 1. The number of hydrogen-bond acceptors (Lipinski definition) is 8. The standard InChI is InChI=1S/C20H20N8O2S/c1-27(10-14-4-3-12(8-22-14)19(21)30)24-9-15-16(11-29)28(2)20-18(15)31-17(25-20)7-13-5-6-23-26-13/h3-6,8-9,11H,7,10H2,1-2H3,(H2,21,30)(H,23,26)/b24-9-. The summed E-state index contributed by atoms with van der Waals surface area (Å²) >= 11 is 1.52. The Balaban J connectivity index is 1.57. The summed E-state index contributed by atoms with van der Waals surface area (Å²) in [4.78, 5) is 31.8. The Kier molecular flexibility index (Phi) is 5.58. The van der Waals surface area contributed by atoms with Crippen LogP contribution in [0.25, 0.3) is 10.3 Å². The van der Waals surface area contributed by atoms with Crippen LogP contribution in [0.15, 0.2) is 35.7 Å². The average Bonchev–Trinajstić information content (AvgIpc) is 3.45. The Bertz CT molecular complexity index is 1250. The maximum absolute atomic E-state index is 11.7. The summed E-state index contributed by atoms with van der Waals surface area (Å²) in [5, 5.41) is 14.1. The molecule has 31 heavy (non-hydrogen) atoms. The first-order chi connectivity index (χ1) is 15.0. The van der Waals surface area contributed by atoms with Gasteiger partial charge in [-0.1, -0.05) is 0 Å². The Hall–Kier alpha value is -3.86. The first-order valence-electron chi connectivity index (χ1n) is 9.38. The second-order valence-electron chi connectivity index (χ2n) is 6.94. The van der Waals surface area contributed by atoms with Gasteiger partial charge in [0.25, 0.3) is 0 Å². The van der Waals surface area contributed by atoms with Gasteiger partial charge < -0.3 is 10.3 Å². The number of nitrogens with zero attached hydrogens (tertiary/aromatic N) is 6. The van der Waals surface area contributed by atoms with Crippen molar-refractivity contribution >= 4 is 40.1 Å². The van der Waals surface area contributed by atoms with Gasteiger partial charge in [0.1, 0.15) is 5.01 Å². The van der Waals surface area contributed by atoms with Crippen LogP contribution in [0.5, 0.6) is 0 Å². The normalized spacial score (nSPS) is 11.4. The highest BCUT2D eigenvalue weighted by molar-refractivity contribution is 7.19. The molecule has 0 saturated heterocycles. The van der Waals surface area contributed by atoms with Crippen LogP contribution in [-0.2, 0) is 20.0 Å². The van der Waals surface area contributed by atoms with E-state index in [1.807, 2.05) is 13.1 Å². The molecule has 11 heteroatoms. The highest BCUT2D eigenvalue weighted by atomic mass is 32.1. The number of pyridine rings is 1. The van der Waals surface area contributed by atoms with Gasteiger partial charge in [-0.3, -0.25) is 24.7 Å². The topological polar surface area (TPSA) is 135 Å². The number of hydrazone groups is 1. The van der Waals surface area contributed by atoms with Gasteiger partial charge in [-0.05, 0) is 18.2 Å². The summed E-state index contributed by atoms with van der Waals surface area (Å²) < 4.78 is 2.68. The lowest BCUT2D eigenvalue weighted by Crippen LogP contribution is -2.14. The minimum atomic E-state index is -0.517. The summed E-state index contributed by atoms with van der Waals surface area (Å²) in [6.45, 7) is 0.426. The fraction of sp³-hybridized carbons (Fsp3) is 0.200. The Morgan fingerprint density at radius 2 is 2.19 bits per heavy atom. The molecule has 0 aliphatic heterocycles. The molecule has 0 radical (unpaired) electrons. The van der Waals surface area contributed by atoms with Crippen molar-refractivity contribution in [2.75, 3.05) is 7.05 Å². The minimum absolute atomic E-state index is 0.355. The number of carbonyl (C=O) groups is 2. The van der Waals surface area contributed by atoms with Gasteiger partial charge >= 0.3 is 0 Å². The van der Waals surface area contributed by atoms with Gasteiger partial charge in [-0.25, -0.2) is 4.98 Å². The van der Waals surface area contributed by atoms with Crippen molar-refractivity contribution in [2.24, 2.45) is 17.9 Å². The summed E-state index contributed by atoms with van der Waals surface area (Å²) in [6.07, 6.45) is 6.31. The van der Waals surface area contributed by atoms with E-state index in [0.717, 1.165) is 38.6 Å². The van der Waals surface area contributed by atoms with Gasteiger partial charge in [0.05, 0.1) is 40.1 Å². The smallest absolute Gasteiger partial charge is 0.250 e. The molecule has 4 aromatic heterocycles. The van der Waals surface area contributed by atoms with Gasteiger partial charge in [-0.2, -0.15) is 10.2 Å². The van der Waals surface area contributed by atoms with Crippen molar-refractivity contribution in [1.82, 2.24) is 29.7 Å². The number of aldehydes is 1. The molecule has 4 aromatic rings. The van der Waals surface area contributed by atoms with E-state index in [9.17, 15) is 9.59 Å². The molecule has 0 aliphatic carbocycles. The molecule has 0 unspecified atom stereocenters. The number of carbonyl (C=O) groups excluding carboxylic acids is 2. The Labute approximate surface area is 181 Å². The first-order valence-corrected chi connectivity index (χ1v) is 10.2. The highest BCUT2D eigenvalue weighted by Gasteiger charge is 2.19. The van der Waals surface area contributed by atoms with Gasteiger partial charge in [-0.15, -0.1) is 11.3 Å². The second-order valence-corrected chi connectivity index (χ2v) is 8.02. The molecule has 158 valence electrons. The van der Waals surface area contributed by atoms with E-state index >= 15 is 0 Å². The van der Waals surface area contributed by atoms with Crippen molar-refractivity contribution in [3.8, 4) is 0 Å². The van der Waals surface area contributed by atoms with E-state index in [-0.39, 0.29) is 0 Å². The molecular weight excluding hydrogens is 416 g/mol. The molecule has 4 heterocycles. The molecule has 0 atom stereocenters. The zero-order chi connectivity index (χ0) is 22.0. The van der Waals surface area contributed by atoms with Gasteiger partial charge in [0.2, 0.25) is 5.91 Å². The molecule has 1 amide bonds. The number of aromatic nitrogens is 5. The fourth-order valence-corrected chi connectivity index (χ4v) is 4.28. The molecule has 0 bridgehead atoms. The number of hydrogen-bond donors (Lipinski definition) is 2. The van der Waals surface area contributed by atoms with E-state index in [1.54, 1.807) is 41.2 Å². The third-order valence-corrected chi connectivity index (χ3v) is 5.82. The Morgan fingerprint density at radius 3 is 2.84 bits per heavy atom. The molecule has 0 fully saturated rings. The molecule has 0 spiro atoms. The number of amides is 1. The first kappa shape index (κ1) is 20.4. The van der Waals surface area contributed by atoms with Crippen LogP contribution < -0.4 is 5.73 Å².